The molecule has 7 nitrogen and oxygen atoms in total. The number of rotatable bonds is 2. The van der Waals surface area contributed by atoms with Crippen LogP contribution in [0, 0.1) is 0 Å². The third kappa shape index (κ3) is 4.40. The maximum atomic E-state index is 13.8. The Balaban J connectivity index is 2.18. The summed E-state index contributed by atoms with van der Waals surface area (Å²) >= 11 is 0. The van der Waals surface area contributed by atoms with Gasteiger partial charge >= 0.3 is 12.2 Å². The lowest BCUT2D eigenvalue weighted by molar-refractivity contribution is -0.136. The maximum Gasteiger partial charge on any atom is 0.510 e. The molecule has 0 aromatic heterocycles. The topological polar surface area (TPSA) is 82.1 Å². The molecule has 2 aromatic carbocycles. The average molecular weight is 425 g/mol. The molecule has 1 aliphatic heterocycles. The molecular weight excluding hydrogens is 398 g/mol. The van der Waals surface area contributed by atoms with E-state index in [9.17, 15) is 14.4 Å². The van der Waals surface area contributed by atoms with Crippen molar-refractivity contribution in [3.05, 3.63) is 65.7 Å². The van der Waals surface area contributed by atoms with Crippen LogP contribution >= 0.6 is 0 Å². The Morgan fingerprint density at radius 2 is 1.35 bits per heavy atom. The highest BCUT2D eigenvalue weighted by atomic mass is 16.7. The molecule has 0 spiro atoms. The normalized spacial score (nSPS) is 18.4. The zero-order valence-electron chi connectivity index (χ0n) is 18.6. The minimum absolute atomic E-state index is 0.286. The summed E-state index contributed by atoms with van der Waals surface area (Å²) in [6.45, 7) is 10.2. The second-order valence-corrected chi connectivity index (χ2v) is 9.25. The Morgan fingerprint density at radius 1 is 0.806 bits per heavy atom. The number of amides is 2. The Bertz CT molecular complexity index is 1000. The van der Waals surface area contributed by atoms with Gasteiger partial charge in [-0.1, -0.05) is 48.5 Å². The minimum Gasteiger partial charge on any atom is -0.443 e. The summed E-state index contributed by atoms with van der Waals surface area (Å²) < 4.78 is 16.5. The molecule has 1 aliphatic rings. The van der Waals surface area contributed by atoms with Crippen LogP contribution in [-0.2, 0) is 24.6 Å². The van der Waals surface area contributed by atoms with Gasteiger partial charge in [-0.3, -0.25) is 4.79 Å². The minimum atomic E-state index is -1.89. The van der Waals surface area contributed by atoms with Gasteiger partial charge in [-0.25, -0.2) is 14.5 Å². The average Bonchev–Trinajstić information content (AvgIpc) is 2.89. The molecule has 0 bridgehead atoms. The van der Waals surface area contributed by atoms with Gasteiger partial charge in [0.05, 0.1) is 5.69 Å². The molecule has 2 aromatic rings. The van der Waals surface area contributed by atoms with Crippen LogP contribution in [0.3, 0.4) is 0 Å². The lowest BCUT2D eigenvalue weighted by Gasteiger charge is -2.30. The Morgan fingerprint density at radius 3 is 1.94 bits per heavy atom. The van der Waals surface area contributed by atoms with E-state index in [1.54, 1.807) is 96.1 Å². The molecule has 1 heterocycles. The maximum absolute atomic E-state index is 13.8. The van der Waals surface area contributed by atoms with Crippen LogP contribution in [0.5, 0.6) is 0 Å². The van der Waals surface area contributed by atoms with Gasteiger partial charge in [0.2, 0.25) is 5.60 Å². The summed E-state index contributed by atoms with van der Waals surface area (Å²) in [6, 6.07) is 15.2. The molecule has 0 saturated heterocycles. The number of nitrogens with zero attached hydrogens (tertiary/aromatic N) is 1. The predicted octanol–water partition coefficient (Wildman–Crippen LogP) is 5.16. The van der Waals surface area contributed by atoms with Crippen molar-refractivity contribution in [2.75, 3.05) is 4.90 Å². The fourth-order valence-corrected chi connectivity index (χ4v) is 3.34. The summed E-state index contributed by atoms with van der Waals surface area (Å²) in [5.74, 6) is -0.750. The second kappa shape index (κ2) is 7.72. The highest BCUT2D eigenvalue weighted by molar-refractivity contribution is 6.22. The first-order valence-electron chi connectivity index (χ1n) is 10.00. The molecule has 2 amide bonds. The number of imide groups is 1. The first-order valence-corrected chi connectivity index (χ1v) is 10.00. The van der Waals surface area contributed by atoms with Crippen LogP contribution in [0.15, 0.2) is 54.6 Å². The van der Waals surface area contributed by atoms with Gasteiger partial charge in [0.25, 0.3) is 5.91 Å². The predicted molar refractivity (Wildman–Crippen MR) is 115 cm³/mol. The molecule has 31 heavy (non-hydrogen) atoms. The molecule has 164 valence electrons. The molecule has 0 fully saturated rings. The van der Waals surface area contributed by atoms with E-state index >= 15 is 0 Å². The van der Waals surface area contributed by atoms with E-state index in [0.717, 1.165) is 4.90 Å². The summed E-state index contributed by atoms with van der Waals surface area (Å²) in [6.07, 6.45) is -1.87. The first-order chi connectivity index (χ1) is 14.3. The lowest BCUT2D eigenvalue weighted by atomic mass is 9.87. The van der Waals surface area contributed by atoms with Crippen molar-refractivity contribution in [2.45, 2.75) is 58.3 Å². The number of ether oxygens (including phenoxy) is 3. The van der Waals surface area contributed by atoms with Crippen molar-refractivity contribution < 1.29 is 28.6 Å². The van der Waals surface area contributed by atoms with Gasteiger partial charge < -0.3 is 14.2 Å². The van der Waals surface area contributed by atoms with Gasteiger partial charge in [-0.05, 0) is 47.6 Å². The Hall–Kier alpha value is -3.35. The van der Waals surface area contributed by atoms with E-state index < -0.39 is 35.0 Å². The van der Waals surface area contributed by atoms with Crippen LogP contribution < -0.4 is 4.90 Å². The van der Waals surface area contributed by atoms with Crippen LogP contribution in [0.2, 0.25) is 0 Å². The molecule has 0 N–H and O–H groups in total. The first kappa shape index (κ1) is 22.3. The number of para-hydroxylation sites is 1. The van der Waals surface area contributed by atoms with Crippen molar-refractivity contribution in [1.82, 2.24) is 0 Å². The monoisotopic (exact) mass is 425 g/mol. The lowest BCUT2D eigenvalue weighted by Crippen LogP contribution is -2.48. The Labute approximate surface area is 181 Å². The zero-order valence-corrected chi connectivity index (χ0v) is 18.6. The van der Waals surface area contributed by atoms with Crippen molar-refractivity contribution in [1.29, 1.82) is 0 Å². The SMILES string of the molecule is CC(C)(C)OC(=O)O[C@]1(c2ccccc2)C(=O)N(C(=O)OC(C)(C)C)c2ccccc21. The molecule has 0 saturated carbocycles. The van der Waals surface area contributed by atoms with E-state index in [2.05, 4.69) is 0 Å². The van der Waals surface area contributed by atoms with Crippen molar-refractivity contribution in [3.8, 4) is 0 Å². The number of fused-ring (bicyclic) bond motifs is 1. The van der Waals surface area contributed by atoms with E-state index in [4.69, 9.17) is 14.2 Å². The Kier molecular flexibility index (Phi) is 5.56. The molecule has 7 heteroatoms. The summed E-state index contributed by atoms with van der Waals surface area (Å²) in [5, 5.41) is 0. The summed E-state index contributed by atoms with van der Waals surface area (Å²) in [7, 11) is 0. The molecule has 0 aliphatic carbocycles. The highest BCUT2D eigenvalue weighted by Crippen LogP contribution is 2.47. The van der Waals surface area contributed by atoms with Crippen molar-refractivity contribution in [2.24, 2.45) is 0 Å². The standard InChI is InChI=1S/C24H27NO6/c1-22(2,3)29-20(27)25-18-15-11-10-14-17(18)24(19(25)26,16-12-8-7-9-13-16)31-21(28)30-23(4,5)6/h7-15H,1-6H3/t24-/m0/s1. The van der Waals surface area contributed by atoms with Gasteiger partial charge in [0, 0.05) is 11.1 Å². The number of carbonyl (C=O) groups is 3. The number of benzene rings is 2. The molecular formula is C24H27NO6. The number of hydrogen-bond acceptors (Lipinski definition) is 6. The summed E-state index contributed by atoms with van der Waals surface area (Å²) in [4.78, 5) is 40.4. The highest BCUT2D eigenvalue weighted by Gasteiger charge is 2.58. The molecule has 0 radical (unpaired) electrons. The molecule has 1 atom stereocenters. The third-order valence-corrected chi connectivity index (χ3v) is 4.41. The van der Waals surface area contributed by atoms with Crippen molar-refractivity contribution in [3.63, 3.8) is 0 Å². The van der Waals surface area contributed by atoms with E-state index in [-0.39, 0.29) is 5.69 Å². The van der Waals surface area contributed by atoms with Crippen molar-refractivity contribution >= 4 is 23.8 Å². The van der Waals surface area contributed by atoms with Crippen LogP contribution in [0.4, 0.5) is 15.3 Å². The quantitative estimate of drug-likeness (QED) is 0.618. The third-order valence-electron chi connectivity index (χ3n) is 4.41. The summed E-state index contributed by atoms with van der Waals surface area (Å²) in [5.41, 5.74) is -2.52. The molecule has 3 rings (SSSR count). The number of carbonyl (C=O) groups excluding carboxylic acids is 3. The van der Waals surface area contributed by atoms with E-state index in [0.29, 0.717) is 11.1 Å². The van der Waals surface area contributed by atoms with Gasteiger partial charge in [-0.15, -0.1) is 0 Å². The second-order valence-electron chi connectivity index (χ2n) is 9.25. The fourth-order valence-electron chi connectivity index (χ4n) is 3.34. The fraction of sp³-hybridized carbons (Fsp3) is 0.375. The van der Waals surface area contributed by atoms with E-state index in [1.165, 1.54) is 0 Å². The van der Waals surface area contributed by atoms with Gasteiger partial charge in [0.1, 0.15) is 11.2 Å². The molecule has 0 unspecified atom stereocenters. The van der Waals surface area contributed by atoms with Crippen LogP contribution in [-0.4, -0.2) is 29.4 Å². The smallest absolute Gasteiger partial charge is 0.443 e. The van der Waals surface area contributed by atoms with E-state index in [1.807, 2.05) is 0 Å². The number of hydrogen-bond donors (Lipinski definition) is 0. The van der Waals surface area contributed by atoms with Gasteiger partial charge in [-0.2, -0.15) is 0 Å². The zero-order chi connectivity index (χ0) is 23.0. The largest absolute Gasteiger partial charge is 0.510 e. The van der Waals surface area contributed by atoms with Gasteiger partial charge in [0.15, 0.2) is 0 Å². The van der Waals surface area contributed by atoms with Crippen LogP contribution in [0.1, 0.15) is 52.7 Å². The number of anilines is 1. The van der Waals surface area contributed by atoms with Crippen LogP contribution in [0.25, 0.3) is 0 Å².